The van der Waals surface area contributed by atoms with Crippen LogP contribution in [0.25, 0.3) is 0 Å². The van der Waals surface area contributed by atoms with Gasteiger partial charge in [-0.05, 0) is 37.1 Å². The minimum absolute atomic E-state index is 0.00643. The highest BCUT2D eigenvalue weighted by molar-refractivity contribution is 5.71. The first-order valence-corrected chi connectivity index (χ1v) is 8.62. The van der Waals surface area contributed by atoms with Gasteiger partial charge in [0, 0.05) is 6.07 Å². The van der Waals surface area contributed by atoms with Gasteiger partial charge < -0.3 is 23.7 Å². The molecule has 0 saturated heterocycles. The molecule has 150 valence electrons. The standard InChI is InChI=1S/C21H24O7/c1-12(2)11-27-17-7-6-14(9-18(17)25-4)15(10-19(23)26-5)21-20(24)16(22)8-13(3)28-21/h6-9,15,24H,1,10-11H2,2-5H3. The van der Waals surface area contributed by atoms with Crippen LogP contribution in [-0.4, -0.2) is 31.9 Å². The molecule has 0 aliphatic heterocycles. The maximum Gasteiger partial charge on any atom is 0.306 e. The third-order valence-electron chi connectivity index (χ3n) is 4.05. The minimum atomic E-state index is -0.746. The summed E-state index contributed by atoms with van der Waals surface area (Å²) < 4.78 is 21.4. The number of hydrogen-bond acceptors (Lipinski definition) is 7. The van der Waals surface area contributed by atoms with E-state index in [9.17, 15) is 14.7 Å². The van der Waals surface area contributed by atoms with Crippen LogP contribution in [0.4, 0.5) is 0 Å². The van der Waals surface area contributed by atoms with Crippen molar-refractivity contribution in [2.45, 2.75) is 26.2 Å². The number of carbonyl (C=O) groups is 1. The Hall–Kier alpha value is -3.22. The van der Waals surface area contributed by atoms with E-state index in [4.69, 9.17) is 18.6 Å². The van der Waals surface area contributed by atoms with Gasteiger partial charge in [0.05, 0.1) is 26.6 Å². The summed E-state index contributed by atoms with van der Waals surface area (Å²) in [6.45, 7) is 7.56. The summed E-state index contributed by atoms with van der Waals surface area (Å²) >= 11 is 0. The van der Waals surface area contributed by atoms with E-state index < -0.39 is 23.1 Å². The SMILES string of the molecule is C=C(C)COc1ccc(C(CC(=O)OC)c2oc(C)cc(=O)c2O)cc1OC. The van der Waals surface area contributed by atoms with Gasteiger partial charge in [-0.2, -0.15) is 0 Å². The smallest absolute Gasteiger partial charge is 0.306 e. The lowest BCUT2D eigenvalue weighted by Crippen LogP contribution is -2.14. The average Bonchev–Trinajstić information content (AvgIpc) is 2.67. The van der Waals surface area contributed by atoms with E-state index >= 15 is 0 Å². The Bertz CT molecular complexity index is 927. The Morgan fingerprint density at radius 1 is 1.25 bits per heavy atom. The third kappa shape index (κ3) is 4.94. The monoisotopic (exact) mass is 388 g/mol. The Morgan fingerprint density at radius 2 is 1.96 bits per heavy atom. The number of aromatic hydroxyl groups is 1. The van der Waals surface area contributed by atoms with Crippen LogP contribution >= 0.6 is 0 Å². The van der Waals surface area contributed by atoms with Crippen LogP contribution in [-0.2, 0) is 9.53 Å². The number of ether oxygens (including phenoxy) is 3. The fourth-order valence-corrected chi connectivity index (χ4v) is 2.69. The topological polar surface area (TPSA) is 95.2 Å². The molecule has 7 nitrogen and oxygen atoms in total. The van der Waals surface area contributed by atoms with Crippen LogP contribution in [0, 0.1) is 6.92 Å². The lowest BCUT2D eigenvalue weighted by atomic mass is 9.92. The number of carbonyl (C=O) groups excluding carboxylic acids is 1. The summed E-state index contributed by atoms with van der Waals surface area (Å²) in [5.41, 5.74) is 0.858. The number of benzene rings is 1. The van der Waals surface area contributed by atoms with Crippen molar-refractivity contribution >= 4 is 5.97 Å². The molecule has 28 heavy (non-hydrogen) atoms. The van der Waals surface area contributed by atoms with E-state index in [0.717, 1.165) is 5.57 Å². The van der Waals surface area contributed by atoms with Crippen LogP contribution in [0.2, 0.25) is 0 Å². The van der Waals surface area contributed by atoms with Gasteiger partial charge in [-0.15, -0.1) is 0 Å². The fourth-order valence-electron chi connectivity index (χ4n) is 2.69. The van der Waals surface area contributed by atoms with E-state index in [0.29, 0.717) is 29.4 Å². The van der Waals surface area contributed by atoms with E-state index in [2.05, 4.69) is 6.58 Å². The Kier molecular flexibility index (Phi) is 6.87. The molecule has 0 spiro atoms. The predicted octanol–water partition coefficient (Wildman–Crippen LogP) is 3.31. The molecular formula is C21H24O7. The Labute approximate surface area is 163 Å². The van der Waals surface area contributed by atoms with Crippen molar-refractivity contribution in [1.82, 2.24) is 0 Å². The van der Waals surface area contributed by atoms with E-state index in [-0.39, 0.29) is 12.2 Å². The molecule has 0 aliphatic rings. The van der Waals surface area contributed by atoms with Crippen LogP contribution < -0.4 is 14.9 Å². The molecule has 1 heterocycles. The molecule has 2 rings (SSSR count). The highest BCUT2D eigenvalue weighted by Gasteiger charge is 2.27. The lowest BCUT2D eigenvalue weighted by molar-refractivity contribution is -0.140. The fraction of sp³-hybridized carbons (Fsp3) is 0.333. The molecule has 7 heteroatoms. The van der Waals surface area contributed by atoms with Crippen molar-refractivity contribution in [2.24, 2.45) is 0 Å². The average molecular weight is 388 g/mol. The highest BCUT2D eigenvalue weighted by Crippen LogP contribution is 2.37. The summed E-state index contributed by atoms with van der Waals surface area (Å²) in [6, 6.07) is 6.25. The van der Waals surface area contributed by atoms with Gasteiger partial charge in [0.1, 0.15) is 12.4 Å². The summed E-state index contributed by atoms with van der Waals surface area (Å²) in [7, 11) is 2.76. The normalized spacial score (nSPS) is 11.6. The van der Waals surface area contributed by atoms with Crippen molar-refractivity contribution in [2.75, 3.05) is 20.8 Å². The van der Waals surface area contributed by atoms with Crippen LogP contribution in [0.5, 0.6) is 17.2 Å². The van der Waals surface area contributed by atoms with Crippen molar-refractivity contribution in [3.63, 3.8) is 0 Å². The molecule has 0 radical (unpaired) electrons. The van der Waals surface area contributed by atoms with Gasteiger partial charge in [0.15, 0.2) is 17.3 Å². The second kappa shape index (κ2) is 9.12. The van der Waals surface area contributed by atoms with Crippen molar-refractivity contribution < 1.29 is 28.5 Å². The molecule has 1 aromatic heterocycles. The zero-order valence-electron chi connectivity index (χ0n) is 16.4. The largest absolute Gasteiger partial charge is 0.502 e. The lowest BCUT2D eigenvalue weighted by Gasteiger charge is -2.19. The number of esters is 1. The zero-order valence-corrected chi connectivity index (χ0v) is 16.4. The Morgan fingerprint density at radius 3 is 2.57 bits per heavy atom. The first-order valence-electron chi connectivity index (χ1n) is 8.62. The van der Waals surface area contributed by atoms with E-state index in [1.165, 1.54) is 20.3 Å². The van der Waals surface area contributed by atoms with Crippen LogP contribution in [0.3, 0.4) is 0 Å². The molecule has 0 bridgehead atoms. The van der Waals surface area contributed by atoms with Gasteiger partial charge in [-0.3, -0.25) is 9.59 Å². The third-order valence-corrected chi connectivity index (χ3v) is 4.05. The maximum atomic E-state index is 12.0. The van der Waals surface area contributed by atoms with Crippen molar-refractivity contribution in [3.8, 4) is 17.2 Å². The predicted molar refractivity (Wildman–Crippen MR) is 103 cm³/mol. The molecule has 0 saturated carbocycles. The molecular weight excluding hydrogens is 364 g/mol. The van der Waals surface area contributed by atoms with Gasteiger partial charge in [0.25, 0.3) is 0 Å². The summed E-state index contributed by atoms with van der Waals surface area (Å²) in [5.74, 6) is -0.557. The maximum absolute atomic E-state index is 12.0. The highest BCUT2D eigenvalue weighted by atomic mass is 16.5. The van der Waals surface area contributed by atoms with E-state index in [1.54, 1.807) is 25.1 Å². The zero-order chi connectivity index (χ0) is 20.8. The van der Waals surface area contributed by atoms with Crippen molar-refractivity contribution in [1.29, 1.82) is 0 Å². The van der Waals surface area contributed by atoms with Gasteiger partial charge >= 0.3 is 5.97 Å². The first kappa shape index (κ1) is 21.1. The molecule has 0 amide bonds. The molecule has 0 fully saturated rings. The van der Waals surface area contributed by atoms with Gasteiger partial charge in [-0.1, -0.05) is 12.6 Å². The summed E-state index contributed by atoms with van der Waals surface area (Å²) in [6.07, 6.45) is -0.133. The molecule has 1 N–H and O–H groups in total. The molecule has 2 aromatic rings. The Balaban J connectivity index is 2.54. The molecule has 1 unspecified atom stereocenters. The first-order chi connectivity index (χ1) is 13.3. The van der Waals surface area contributed by atoms with E-state index in [1.807, 2.05) is 6.92 Å². The number of methoxy groups -OCH3 is 2. The minimum Gasteiger partial charge on any atom is -0.502 e. The number of aryl methyl sites for hydroxylation is 1. The second-order valence-corrected chi connectivity index (χ2v) is 6.42. The van der Waals surface area contributed by atoms with Crippen LogP contribution in [0.15, 0.2) is 45.6 Å². The van der Waals surface area contributed by atoms with Crippen molar-refractivity contribution in [3.05, 3.63) is 63.7 Å². The van der Waals surface area contributed by atoms with Gasteiger partial charge in [0.2, 0.25) is 11.2 Å². The number of rotatable bonds is 8. The summed E-state index contributed by atoms with van der Waals surface area (Å²) in [4.78, 5) is 24.0. The second-order valence-electron chi connectivity index (χ2n) is 6.42. The summed E-state index contributed by atoms with van der Waals surface area (Å²) in [5, 5.41) is 10.2. The molecule has 0 aliphatic carbocycles. The molecule has 1 aromatic carbocycles. The molecule has 1 atom stereocenters. The number of hydrogen-bond donors (Lipinski definition) is 1. The van der Waals surface area contributed by atoms with Gasteiger partial charge in [-0.25, -0.2) is 0 Å². The van der Waals surface area contributed by atoms with Crippen LogP contribution in [0.1, 0.15) is 36.3 Å². The quantitative estimate of drug-likeness (QED) is 0.547.